The highest BCUT2D eigenvalue weighted by Crippen LogP contribution is 2.48. The summed E-state index contributed by atoms with van der Waals surface area (Å²) in [6, 6.07) is 5.52. The summed E-state index contributed by atoms with van der Waals surface area (Å²) in [4.78, 5) is 11.1. The third-order valence-corrected chi connectivity index (χ3v) is 9.61. The van der Waals surface area contributed by atoms with Crippen molar-refractivity contribution in [1.82, 2.24) is 5.06 Å². The largest absolute Gasteiger partial charge is 0.493 e. The molecule has 2 amide bonds. The number of carbonyl (C=O) groups is 1. The number of hydrogen-bond donors (Lipinski definition) is 2. The molecule has 0 saturated carbocycles. The van der Waals surface area contributed by atoms with Crippen molar-refractivity contribution in [2.45, 2.75) is 49.7 Å². The zero-order valence-corrected chi connectivity index (χ0v) is 28.8. The van der Waals surface area contributed by atoms with Gasteiger partial charge in [0.1, 0.15) is 11.5 Å². The van der Waals surface area contributed by atoms with Gasteiger partial charge < -0.3 is 33.7 Å². The van der Waals surface area contributed by atoms with Gasteiger partial charge in [-0.25, -0.2) is 35.8 Å². The summed E-state index contributed by atoms with van der Waals surface area (Å²) < 4.78 is 116. The number of sulfone groups is 1. The Balaban J connectivity index is 1.65. The summed E-state index contributed by atoms with van der Waals surface area (Å²) in [7, 11) is 0.796. The monoisotopic (exact) mass is 730 g/mol. The normalized spacial score (nSPS) is 15.8. The Bertz CT molecular complexity index is 1760. The number of amides is 2. The summed E-state index contributed by atoms with van der Waals surface area (Å²) in [6.45, 7) is 1.07. The van der Waals surface area contributed by atoms with Crippen molar-refractivity contribution in [1.29, 1.82) is 0 Å². The number of ether oxygens (including phenoxy) is 6. The number of unbranched alkanes of at least 4 members (excludes halogenated alkanes) is 1. The molecule has 1 aliphatic heterocycles. The molecule has 12 nitrogen and oxygen atoms in total. The maximum absolute atomic E-state index is 14.3. The Kier molecular flexibility index (Phi) is 12.6. The number of methoxy groups -OCH3 is 4. The molecule has 2 N–H and O–H groups in total. The van der Waals surface area contributed by atoms with Gasteiger partial charge in [-0.05, 0) is 54.7 Å². The van der Waals surface area contributed by atoms with E-state index in [1.54, 1.807) is 12.1 Å². The summed E-state index contributed by atoms with van der Waals surface area (Å²) in [5.74, 6) is -7.94. The molecule has 3 aromatic carbocycles. The van der Waals surface area contributed by atoms with Gasteiger partial charge in [0.2, 0.25) is 5.75 Å². The first-order valence-electron chi connectivity index (χ1n) is 15.4. The molecule has 1 heterocycles. The van der Waals surface area contributed by atoms with Crippen LogP contribution in [0.5, 0.6) is 28.7 Å². The molecular formula is C33H38F4N2O10S. The van der Waals surface area contributed by atoms with Gasteiger partial charge in [-0.3, -0.25) is 5.21 Å². The van der Waals surface area contributed by atoms with Crippen LogP contribution in [0.2, 0.25) is 0 Å². The molecule has 17 heteroatoms. The number of urea groups is 1. The first-order valence-corrected chi connectivity index (χ1v) is 17.1. The number of benzene rings is 3. The Hall–Kier alpha value is -4.48. The third-order valence-electron chi connectivity index (χ3n) is 7.93. The van der Waals surface area contributed by atoms with E-state index < -0.39 is 68.6 Å². The number of nitrogens with zero attached hydrogens (tertiary/aromatic N) is 1. The standard InChI is InChI=1S/C33H38F4N2O10S/c1-6-7-10-39(41)33(40)38-22-13-18(23-8-9-24(49-23)19-15-26(45-3)31(47-5)27(16-19)46-4)14-25(44-2)30(22)48-11-12-50(42,43)32-28(36)20(34)17-21(35)29(32)37/h13-17,23-24,41H,6-12H2,1-5H3,(H,38,40)/t23-,24-/m0/s1. The van der Waals surface area contributed by atoms with Gasteiger partial charge in [0, 0.05) is 6.07 Å². The lowest BCUT2D eigenvalue weighted by atomic mass is 10.0. The van der Waals surface area contributed by atoms with Crippen LogP contribution in [0, 0.1) is 23.3 Å². The number of hydroxylamine groups is 2. The minimum absolute atomic E-state index is 0.00208. The first-order chi connectivity index (χ1) is 23.8. The lowest BCUT2D eigenvalue weighted by Gasteiger charge is -2.22. The van der Waals surface area contributed by atoms with Crippen molar-refractivity contribution in [3.63, 3.8) is 0 Å². The number of rotatable bonds is 15. The molecular weight excluding hydrogens is 692 g/mol. The first kappa shape index (κ1) is 38.3. The fourth-order valence-electron chi connectivity index (χ4n) is 5.39. The Morgan fingerprint density at radius 2 is 1.38 bits per heavy atom. The molecule has 0 spiro atoms. The van der Waals surface area contributed by atoms with Crippen LogP contribution < -0.4 is 29.0 Å². The van der Waals surface area contributed by atoms with Gasteiger partial charge in [-0.1, -0.05) is 13.3 Å². The molecule has 0 radical (unpaired) electrons. The predicted molar refractivity (Wildman–Crippen MR) is 171 cm³/mol. The number of nitrogens with one attached hydrogen (secondary N) is 1. The maximum Gasteiger partial charge on any atom is 0.345 e. The molecule has 50 heavy (non-hydrogen) atoms. The fourth-order valence-corrected chi connectivity index (χ4v) is 6.63. The van der Waals surface area contributed by atoms with Crippen molar-refractivity contribution >= 4 is 21.6 Å². The van der Waals surface area contributed by atoms with Crippen LogP contribution >= 0.6 is 0 Å². The smallest absolute Gasteiger partial charge is 0.345 e. The van der Waals surface area contributed by atoms with Crippen LogP contribution in [-0.4, -0.2) is 72.1 Å². The molecule has 3 aromatic rings. The van der Waals surface area contributed by atoms with Crippen LogP contribution in [0.3, 0.4) is 0 Å². The maximum atomic E-state index is 14.3. The molecule has 0 unspecified atom stereocenters. The molecule has 1 aliphatic rings. The molecule has 4 rings (SSSR count). The van der Waals surface area contributed by atoms with Crippen molar-refractivity contribution in [2.75, 3.05) is 52.7 Å². The van der Waals surface area contributed by atoms with Gasteiger partial charge in [0.05, 0.1) is 58.6 Å². The average Bonchev–Trinajstić information content (AvgIpc) is 3.60. The number of hydrogen-bond acceptors (Lipinski definition) is 10. The SMILES string of the molecule is CCCCN(O)C(=O)Nc1cc([C@@H]2CC[C@@H](c3cc(OC)c(OC)c(OC)c3)O2)cc(OC)c1OCCS(=O)(=O)c1c(F)c(F)cc(F)c1F. The number of halogens is 4. The van der Waals surface area contributed by atoms with Crippen LogP contribution in [0.15, 0.2) is 35.2 Å². The Labute approximate surface area is 286 Å². The molecule has 0 aliphatic carbocycles. The zero-order valence-electron chi connectivity index (χ0n) is 28.0. The van der Waals surface area contributed by atoms with E-state index in [4.69, 9.17) is 28.4 Å². The van der Waals surface area contributed by atoms with E-state index in [0.717, 1.165) is 5.56 Å². The highest BCUT2D eigenvalue weighted by atomic mass is 32.2. The van der Waals surface area contributed by atoms with Crippen LogP contribution in [-0.2, 0) is 14.6 Å². The molecule has 1 fully saturated rings. The minimum Gasteiger partial charge on any atom is -0.493 e. The van der Waals surface area contributed by atoms with Gasteiger partial charge in [0.25, 0.3) is 0 Å². The van der Waals surface area contributed by atoms with Gasteiger partial charge >= 0.3 is 6.03 Å². The van der Waals surface area contributed by atoms with Gasteiger partial charge in [-0.15, -0.1) is 0 Å². The second-order valence-electron chi connectivity index (χ2n) is 11.1. The van der Waals surface area contributed by atoms with E-state index in [2.05, 4.69) is 5.32 Å². The van der Waals surface area contributed by atoms with Crippen LogP contribution in [0.4, 0.5) is 28.0 Å². The van der Waals surface area contributed by atoms with E-state index in [-0.39, 0.29) is 29.8 Å². The number of anilines is 1. The molecule has 0 bridgehead atoms. The molecule has 1 saturated heterocycles. The Morgan fingerprint density at radius 1 is 0.860 bits per heavy atom. The summed E-state index contributed by atoms with van der Waals surface area (Å²) >= 11 is 0. The minimum atomic E-state index is -4.96. The lowest BCUT2D eigenvalue weighted by Crippen LogP contribution is -2.33. The van der Waals surface area contributed by atoms with Crippen molar-refractivity contribution in [3.8, 4) is 28.7 Å². The zero-order chi connectivity index (χ0) is 36.7. The van der Waals surface area contributed by atoms with Crippen molar-refractivity contribution in [3.05, 3.63) is 64.7 Å². The topological polar surface area (TPSA) is 142 Å². The second kappa shape index (κ2) is 16.5. The van der Waals surface area contributed by atoms with Crippen LogP contribution in [0.25, 0.3) is 0 Å². The van der Waals surface area contributed by atoms with E-state index in [1.807, 2.05) is 6.92 Å². The summed E-state index contributed by atoms with van der Waals surface area (Å²) in [5, 5.41) is 13.2. The molecule has 0 aromatic heterocycles. The van der Waals surface area contributed by atoms with Crippen LogP contribution in [0.1, 0.15) is 55.9 Å². The quantitative estimate of drug-likeness (QED) is 0.0747. The van der Waals surface area contributed by atoms with E-state index in [9.17, 15) is 36.0 Å². The summed E-state index contributed by atoms with van der Waals surface area (Å²) in [6.07, 6.45) is 1.30. The fraction of sp³-hybridized carbons (Fsp3) is 0.424. The third kappa shape index (κ3) is 8.27. The average molecular weight is 731 g/mol. The second-order valence-corrected chi connectivity index (χ2v) is 13.2. The van der Waals surface area contributed by atoms with Gasteiger partial charge in [0.15, 0.2) is 56.1 Å². The van der Waals surface area contributed by atoms with E-state index >= 15 is 0 Å². The number of carbonyl (C=O) groups excluding carboxylic acids is 1. The summed E-state index contributed by atoms with van der Waals surface area (Å²) in [5.41, 5.74) is 1.21. The van der Waals surface area contributed by atoms with Gasteiger partial charge in [-0.2, -0.15) is 0 Å². The lowest BCUT2D eigenvalue weighted by molar-refractivity contribution is -0.0379. The molecule has 2 atom stereocenters. The van der Waals surface area contributed by atoms with E-state index in [0.29, 0.717) is 53.6 Å². The van der Waals surface area contributed by atoms with E-state index in [1.165, 1.54) is 40.6 Å². The predicted octanol–water partition coefficient (Wildman–Crippen LogP) is 6.75. The van der Waals surface area contributed by atoms with Crippen molar-refractivity contribution in [2.24, 2.45) is 0 Å². The highest BCUT2D eigenvalue weighted by molar-refractivity contribution is 7.91. The highest BCUT2D eigenvalue weighted by Gasteiger charge is 2.33. The molecule has 274 valence electrons. The van der Waals surface area contributed by atoms with Crippen molar-refractivity contribution < 1.29 is 64.4 Å². The Morgan fingerprint density at radius 3 is 1.88 bits per heavy atom.